The van der Waals surface area contributed by atoms with Crippen molar-refractivity contribution in [3.05, 3.63) is 53.3 Å². The van der Waals surface area contributed by atoms with E-state index in [0.717, 1.165) is 31.4 Å². The first-order valence-corrected chi connectivity index (χ1v) is 9.67. The normalized spacial score (nSPS) is 18.1. The molecule has 1 amide bonds. The first-order chi connectivity index (χ1) is 13.1. The minimum atomic E-state index is -0.227. The number of ether oxygens (including phenoxy) is 1. The summed E-state index contributed by atoms with van der Waals surface area (Å²) in [5, 5.41) is 7.40. The van der Waals surface area contributed by atoms with Crippen LogP contribution in [0.15, 0.2) is 36.4 Å². The zero-order valence-electron chi connectivity index (χ0n) is 16.0. The van der Waals surface area contributed by atoms with Gasteiger partial charge in [0.05, 0.1) is 12.1 Å². The third-order valence-corrected chi connectivity index (χ3v) is 4.99. The summed E-state index contributed by atoms with van der Waals surface area (Å²) in [6, 6.07) is 11.3. The number of carbonyl (C=O) groups is 2. The second kappa shape index (κ2) is 8.95. The Kier molecular flexibility index (Phi) is 6.40. The van der Waals surface area contributed by atoms with Crippen LogP contribution in [0.25, 0.3) is 0 Å². The van der Waals surface area contributed by atoms with Crippen LogP contribution in [0.5, 0.6) is 0 Å². The summed E-state index contributed by atoms with van der Waals surface area (Å²) in [5.74, 6) is -0.298. The van der Waals surface area contributed by atoms with Crippen LogP contribution >= 0.6 is 0 Å². The van der Waals surface area contributed by atoms with Crippen LogP contribution in [0.1, 0.15) is 72.1 Å². The predicted molar refractivity (Wildman–Crippen MR) is 103 cm³/mol. The van der Waals surface area contributed by atoms with Crippen molar-refractivity contribution in [1.82, 2.24) is 15.1 Å². The minimum absolute atomic E-state index is 0.0577. The van der Waals surface area contributed by atoms with Crippen LogP contribution in [0.2, 0.25) is 0 Å². The highest BCUT2D eigenvalue weighted by atomic mass is 16.5. The Morgan fingerprint density at radius 2 is 2.07 bits per heavy atom. The first-order valence-electron chi connectivity index (χ1n) is 9.67. The van der Waals surface area contributed by atoms with Crippen LogP contribution in [0, 0.1) is 0 Å². The molecule has 1 fully saturated rings. The highest BCUT2D eigenvalue weighted by Gasteiger charge is 2.23. The summed E-state index contributed by atoms with van der Waals surface area (Å²) < 4.78 is 7.33. The van der Waals surface area contributed by atoms with Gasteiger partial charge in [-0.15, -0.1) is 0 Å². The summed E-state index contributed by atoms with van der Waals surface area (Å²) in [6.45, 7) is 4.99. The molecule has 0 radical (unpaired) electrons. The summed E-state index contributed by atoms with van der Waals surface area (Å²) >= 11 is 0. The van der Waals surface area contributed by atoms with E-state index >= 15 is 0 Å². The lowest BCUT2D eigenvalue weighted by Crippen LogP contribution is -2.36. The lowest BCUT2D eigenvalue weighted by molar-refractivity contribution is 0.0168. The second-order valence-electron chi connectivity index (χ2n) is 6.92. The summed E-state index contributed by atoms with van der Waals surface area (Å²) in [4.78, 5) is 25.0. The van der Waals surface area contributed by atoms with E-state index < -0.39 is 0 Å². The quantitative estimate of drug-likeness (QED) is 0.760. The van der Waals surface area contributed by atoms with Crippen LogP contribution in [-0.2, 0) is 4.74 Å². The molecule has 6 heteroatoms. The molecule has 2 atom stereocenters. The highest BCUT2D eigenvalue weighted by molar-refractivity contribution is 5.98. The number of carbonyl (C=O) groups excluding carboxylic acids is 2. The van der Waals surface area contributed by atoms with Crippen molar-refractivity contribution in [2.45, 2.75) is 51.7 Å². The number of nitrogens with one attached hydrogen (secondary N) is 1. The molecule has 2 heterocycles. The lowest BCUT2D eigenvalue weighted by atomic mass is 10.1. The molecule has 1 aliphatic heterocycles. The zero-order valence-corrected chi connectivity index (χ0v) is 16.0. The molecule has 27 heavy (non-hydrogen) atoms. The van der Waals surface area contributed by atoms with Crippen LogP contribution in [-0.4, -0.2) is 40.7 Å². The zero-order chi connectivity index (χ0) is 19.2. The van der Waals surface area contributed by atoms with E-state index in [0.29, 0.717) is 24.4 Å². The Morgan fingerprint density at radius 1 is 1.30 bits per heavy atom. The molecule has 0 aliphatic carbocycles. The molecule has 144 valence electrons. The molecule has 0 saturated carbocycles. The van der Waals surface area contributed by atoms with E-state index in [1.807, 2.05) is 37.3 Å². The van der Waals surface area contributed by atoms with Crippen LogP contribution in [0.4, 0.5) is 0 Å². The van der Waals surface area contributed by atoms with Gasteiger partial charge in [0.1, 0.15) is 11.4 Å². The molecular formula is C21H27N3O3. The first kappa shape index (κ1) is 19.3. The number of Topliss-reactive ketones (excluding diaryl/α,β-unsaturated/α-hetero) is 1. The van der Waals surface area contributed by atoms with E-state index in [1.165, 1.54) is 0 Å². The van der Waals surface area contributed by atoms with Crippen molar-refractivity contribution in [3.63, 3.8) is 0 Å². The number of amides is 1. The maximum Gasteiger partial charge on any atom is 0.269 e. The van der Waals surface area contributed by atoms with Crippen LogP contribution < -0.4 is 5.32 Å². The molecule has 0 spiro atoms. The van der Waals surface area contributed by atoms with Gasteiger partial charge in [0.15, 0.2) is 5.78 Å². The average Bonchev–Trinajstić information content (AvgIpc) is 3.18. The Bertz CT molecular complexity index is 779. The summed E-state index contributed by atoms with van der Waals surface area (Å²) in [5.41, 5.74) is 1.76. The smallest absolute Gasteiger partial charge is 0.269 e. The van der Waals surface area contributed by atoms with Gasteiger partial charge in [-0.05, 0) is 31.7 Å². The molecule has 1 unspecified atom stereocenters. The monoisotopic (exact) mass is 369 g/mol. The molecule has 2 aromatic rings. The van der Waals surface area contributed by atoms with Gasteiger partial charge in [0.2, 0.25) is 0 Å². The van der Waals surface area contributed by atoms with E-state index in [2.05, 4.69) is 10.4 Å². The van der Waals surface area contributed by atoms with Crippen molar-refractivity contribution in [2.75, 3.05) is 13.2 Å². The number of nitrogens with zero attached hydrogens (tertiary/aromatic N) is 2. The summed E-state index contributed by atoms with van der Waals surface area (Å²) in [6.07, 6.45) is 3.57. The van der Waals surface area contributed by atoms with Crippen molar-refractivity contribution in [2.24, 2.45) is 0 Å². The largest absolute Gasteiger partial charge is 0.376 e. The van der Waals surface area contributed by atoms with Crippen molar-refractivity contribution in [3.8, 4) is 0 Å². The van der Waals surface area contributed by atoms with Gasteiger partial charge in [-0.25, -0.2) is 0 Å². The SMILES string of the molecule is CCC(=O)c1cc(C(=O)NCC2CCCCO2)n([C@@H](C)c2ccccc2)n1. The molecule has 0 bridgehead atoms. The van der Waals surface area contributed by atoms with Gasteiger partial charge >= 0.3 is 0 Å². The number of hydrogen-bond acceptors (Lipinski definition) is 4. The number of aromatic nitrogens is 2. The van der Waals surface area contributed by atoms with E-state index in [1.54, 1.807) is 17.7 Å². The van der Waals surface area contributed by atoms with Crippen LogP contribution in [0.3, 0.4) is 0 Å². The molecule has 1 aromatic carbocycles. The van der Waals surface area contributed by atoms with Gasteiger partial charge in [0.25, 0.3) is 5.91 Å². The Balaban J connectivity index is 1.82. The van der Waals surface area contributed by atoms with Crippen molar-refractivity contribution < 1.29 is 14.3 Å². The van der Waals surface area contributed by atoms with E-state index in [9.17, 15) is 9.59 Å². The second-order valence-corrected chi connectivity index (χ2v) is 6.92. The van der Waals surface area contributed by atoms with E-state index in [4.69, 9.17) is 4.74 Å². The molecule has 1 aliphatic rings. The van der Waals surface area contributed by atoms with Gasteiger partial charge in [-0.2, -0.15) is 5.10 Å². The van der Waals surface area contributed by atoms with Crippen molar-refractivity contribution in [1.29, 1.82) is 0 Å². The fourth-order valence-corrected chi connectivity index (χ4v) is 3.31. The molecular weight excluding hydrogens is 342 g/mol. The number of hydrogen-bond donors (Lipinski definition) is 1. The third-order valence-electron chi connectivity index (χ3n) is 4.99. The van der Waals surface area contributed by atoms with Gasteiger partial charge < -0.3 is 10.1 Å². The van der Waals surface area contributed by atoms with Gasteiger partial charge in [0, 0.05) is 25.6 Å². The molecule has 1 saturated heterocycles. The summed E-state index contributed by atoms with van der Waals surface area (Å²) in [7, 11) is 0. The Hall–Kier alpha value is -2.47. The topological polar surface area (TPSA) is 73.2 Å². The maximum absolute atomic E-state index is 12.8. The number of benzene rings is 1. The molecule has 1 aromatic heterocycles. The van der Waals surface area contributed by atoms with Gasteiger partial charge in [-0.3, -0.25) is 14.3 Å². The number of rotatable bonds is 7. The Morgan fingerprint density at radius 3 is 2.74 bits per heavy atom. The fraction of sp³-hybridized carbons (Fsp3) is 0.476. The molecule has 6 nitrogen and oxygen atoms in total. The molecule has 3 rings (SSSR count). The average molecular weight is 369 g/mol. The minimum Gasteiger partial charge on any atom is -0.376 e. The standard InChI is InChI=1S/C21H27N3O3/c1-3-20(25)18-13-19(21(26)22-14-17-11-7-8-12-27-17)24(23-18)15(2)16-9-5-4-6-10-16/h4-6,9-10,13,15,17H,3,7-8,11-12,14H2,1-2H3,(H,22,26)/t15-,17?/m0/s1. The Labute approximate surface area is 159 Å². The van der Waals surface area contributed by atoms with Gasteiger partial charge in [-0.1, -0.05) is 37.3 Å². The predicted octanol–water partition coefficient (Wildman–Crippen LogP) is 3.38. The highest BCUT2D eigenvalue weighted by Crippen LogP contribution is 2.21. The van der Waals surface area contributed by atoms with Crippen molar-refractivity contribution >= 4 is 11.7 Å². The lowest BCUT2D eigenvalue weighted by Gasteiger charge is -2.23. The molecule has 1 N–H and O–H groups in total. The maximum atomic E-state index is 12.8. The third kappa shape index (κ3) is 4.63. The fourth-order valence-electron chi connectivity index (χ4n) is 3.31. The van der Waals surface area contributed by atoms with E-state index in [-0.39, 0.29) is 23.8 Å². The number of ketones is 1.